The third kappa shape index (κ3) is 6.03. The van der Waals surface area contributed by atoms with E-state index < -0.39 is 0 Å². The zero-order valence-corrected chi connectivity index (χ0v) is 15.9. The van der Waals surface area contributed by atoms with Gasteiger partial charge >= 0.3 is 0 Å². The van der Waals surface area contributed by atoms with Gasteiger partial charge in [0, 0.05) is 24.9 Å². The number of carbonyl (C=O) groups is 1. The Morgan fingerprint density at radius 3 is 2.50 bits per heavy atom. The highest BCUT2D eigenvalue weighted by Crippen LogP contribution is 2.24. The number of nitrogens with zero attached hydrogens (tertiary/aromatic N) is 1. The summed E-state index contributed by atoms with van der Waals surface area (Å²) in [6, 6.07) is 11.1. The van der Waals surface area contributed by atoms with Crippen LogP contribution in [0.4, 0.5) is 0 Å². The van der Waals surface area contributed by atoms with Crippen molar-refractivity contribution < 1.29 is 4.79 Å². The lowest BCUT2D eigenvalue weighted by molar-refractivity contribution is -0.124. The molecule has 1 N–H and O–H groups in total. The highest BCUT2D eigenvalue weighted by atomic mass is 35.5. The van der Waals surface area contributed by atoms with Gasteiger partial charge in [-0.3, -0.25) is 9.69 Å². The standard InChI is InChI=1S/C19H28N2O.2ClH/c22-19(9-8-16-5-2-1-3-6-16)17-7-4-14-21(15-17)18-10-12-20-13-11-18;;/h1-3,5-6,17-18,20H,4,7-15H2;2*1H. The van der Waals surface area contributed by atoms with Crippen molar-refractivity contribution in [2.75, 3.05) is 26.2 Å². The molecule has 2 aliphatic rings. The molecule has 0 saturated carbocycles. The van der Waals surface area contributed by atoms with Crippen LogP contribution in [0.15, 0.2) is 30.3 Å². The van der Waals surface area contributed by atoms with Gasteiger partial charge in [-0.1, -0.05) is 30.3 Å². The number of nitrogens with one attached hydrogen (secondary N) is 1. The lowest BCUT2D eigenvalue weighted by atomic mass is 9.89. The maximum Gasteiger partial charge on any atom is 0.137 e. The number of hydrogen-bond acceptors (Lipinski definition) is 3. The van der Waals surface area contributed by atoms with Crippen LogP contribution in [-0.4, -0.2) is 42.9 Å². The number of piperidine rings is 2. The fourth-order valence-electron chi connectivity index (χ4n) is 3.89. The van der Waals surface area contributed by atoms with Crippen LogP contribution < -0.4 is 5.32 Å². The fraction of sp³-hybridized carbons (Fsp3) is 0.632. The number of carbonyl (C=O) groups excluding carboxylic acids is 1. The number of ketones is 1. The smallest absolute Gasteiger partial charge is 0.137 e. The molecule has 5 heteroatoms. The van der Waals surface area contributed by atoms with Crippen LogP contribution in [0, 0.1) is 5.92 Å². The number of aryl methyl sites for hydroxylation is 1. The predicted octanol–water partition coefficient (Wildman–Crippen LogP) is 3.50. The average Bonchev–Trinajstić information content (AvgIpc) is 2.61. The van der Waals surface area contributed by atoms with E-state index in [1.54, 1.807) is 0 Å². The van der Waals surface area contributed by atoms with E-state index in [1.165, 1.54) is 31.4 Å². The van der Waals surface area contributed by atoms with Crippen molar-refractivity contribution in [2.45, 2.75) is 44.6 Å². The number of likely N-dealkylation sites (tertiary alicyclic amines) is 1. The summed E-state index contributed by atoms with van der Waals surface area (Å²) in [4.78, 5) is 15.2. The Morgan fingerprint density at radius 2 is 1.79 bits per heavy atom. The molecule has 0 radical (unpaired) electrons. The van der Waals surface area contributed by atoms with Crippen LogP contribution in [0.5, 0.6) is 0 Å². The van der Waals surface area contributed by atoms with Gasteiger partial charge in [-0.2, -0.15) is 0 Å². The van der Waals surface area contributed by atoms with Crippen LogP contribution in [0.25, 0.3) is 0 Å². The summed E-state index contributed by atoms with van der Waals surface area (Å²) in [6.07, 6.45) is 6.36. The zero-order chi connectivity index (χ0) is 15.2. The fourth-order valence-corrected chi connectivity index (χ4v) is 3.89. The lowest BCUT2D eigenvalue weighted by Gasteiger charge is -2.39. The topological polar surface area (TPSA) is 32.3 Å². The summed E-state index contributed by atoms with van der Waals surface area (Å²) in [5, 5.41) is 3.43. The van der Waals surface area contributed by atoms with Gasteiger partial charge in [0.25, 0.3) is 0 Å². The Hall–Kier alpha value is -0.610. The number of halogens is 2. The number of hydrogen-bond donors (Lipinski definition) is 1. The molecular formula is C19H30Cl2N2O. The van der Waals surface area contributed by atoms with E-state index in [-0.39, 0.29) is 30.7 Å². The van der Waals surface area contributed by atoms with Gasteiger partial charge < -0.3 is 5.32 Å². The molecule has 136 valence electrons. The summed E-state index contributed by atoms with van der Waals surface area (Å²) in [5.74, 6) is 0.745. The minimum atomic E-state index is 0. The van der Waals surface area contributed by atoms with Crippen molar-refractivity contribution in [1.29, 1.82) is 0 Å². The molecule has 2 aliphatic heterocycles. The van der Waals surface area contributed by atoms with Crippen molar-refractivity contribution in [3.8, 4) is 0 Å². The molecule has 1 unspecified atom stereocenters. The van der Waals surface area contributed by atoms with E-state index in [0.717, 1.165) is 32.5 Å². The third-order valence-electron chi connectivity index (χ3n) is 5.24. The van der Waals surface area contributed by atoms with Crippen LogP contribution in [0.3, 0.4) is 0 Å². The Kier molecular flexibility index (Phi) is 9.91. The molecule has 0 aromatic heterocycles. The molecule has 3 rings (SSSR count). The van der Waals surface area contributed by atoms with Gasteiger partial charge in [0.2, 0.25) is 0 Å². The van der Waals surface area contributed by atoms with Crippen LogP contribution in [-0.2, 0) is 11.2 Å². The van der Waals surface area contributed by atoms with E-state index in [4.69, 9.17) is 0 Å². The molecule has 2 heterocycles. The molecule has 0 aliphatic carbocycles. The second-order valence-electron chi connectivity index (χ2n) is 6.77. The maximum atomic E-state index is 12.6. The van der Waals surface area contributed by atoms with Gasteiger partial charge in [0.1, 0.15) is 5.78 Å². The van der Waals surface area contributed by atoms with Crippen molar-refractivity contribution in [1.82, 2.24) is 10.2 Å². The first-order chi connectivity index (χ1) is 10.8. The number of benzene rings is 1. The largest absolute Gasteiger partial charge is 0.317 e. The second-order valence-corrected chi connectivity index (χ2v) is 6.77. The SMILES string of the molecule is Cl.Cl.O=C(CCc1ccccc1)C1CCCN(C2CCNCC2)C1. The maximum absolute atomic E-state index is 12.6. The van der Waals surface area contributed by atoms with Crippen LogP contribution in [0.2, 0.25) is 0 Å². The number of Topliss-reactive ketones (excluding diaryl/α,β-unsaturated/α-hetero) is 1. The summed E-state index contributed by atoms with van der Waals surface area (Å²) in [5.41, 5.74) is 1.28. The molecule has 0 bridgehead atoms. The second kappa shape index (κ2) is 11.1. The quantitative estimate of drug-likeness (QED) is 0.858. The number of rotatable bonds is 5. The highest BCUT2D eigenvalue weighted by Gasteiger charge is 2.29. The molecule has 1 atom stereocenters. The minimum Gasteiger partial charge on any atom is -0.317 e. The summed E-state index contributed by atoms with van der Waals surface area (Å²) in [6.45, 7) is 4.45. The van der Waals surface area contributed by atoms with Crippen molar-refractivity contribution >= 4 is 30.6 Å². The highest BCUT2D eigenvalue weighted by molar-refractivity contribution is 5.85. The van der Waals surface area contributed by atoms with E-state index >= 15 is 0 Å². The minimum absolute atomic E-state index is 0. The van der Waals surface area contributed by atoms with E-state index in [9.17, 15) is 4.79 Å². The first-order valence-electron chi connectivity index (χ1n) is 8.84. The predicted molar refractivity (Wildman–Crippen MR) is 104 cm³/mol. The summed E-state index contributed by atoms with van der Waals surface area (Å²) in [7, 11) is 0. The monoisotopic (exact) mass is 372 g/mol. The van der Waals surface area contributed by atoms with E-state index in [0.29, 0.717) is 18.2 Å². The molecule has 24 heavy (non-hydrogen) atoms. The zero-order valence-electron chi connectivity index (χ0n) is 14.3. The van der Waals surface area contributed by atoms with Crippen molar-refractivity contribution in [3.05, 3.63) is 35.9 Å². The van der Waals surface area contributed by atoms with E-state index in [1.807, 2.05) is 6.07 Å². The molecule has 0 spiro atoms. The normalized spacial score (nSPS) is 22.2. The van der Waals surface area contributed by atoms with Gasteiger partial charge in [-0.05, 0) is 57.3 Å². The van der Waals surface area contributed by atoms with E-state index in [2.05, 4.69) is 34.5 Å². The molecule has 0 amide bonds. The molecule has 1 aromatic rings. The third-order valence-corrected chi connectivity index (χ3v) is 5.24. The first kappa shape index (κ1) is 21.4. The molecular weight excluding hydrogens is 343 g/mol. The Labute approximate surface area is 158 Å². The van der Waals surface area contributed by atoms with Gasteiger partial charge in [-0.15, -0.1) is 24.8 Å². The van der Waals surface area contributed by atoms with Crippen molar-refractivity contribution in [2.24, 2.45) is 5.92 Å². The molecule has 2 fully saturated rings. The average molecular weight is 373 g/mol. The lowest BCUT2D eigenvalue weighted by Crippen LogP contribution is -2.48. The van der Waals surface area contributed by atoms with Gasteiger partial charge in [0.15, 0.2) is 0 Å². The molecule has 3 nitrogen and oxygen atoms in total. The van der Waals surface area contributed by atoms with Gasteiger partial charge in [-0.25, -0.2) is 0 Å². The molecule has 2 saturated heterocycles. The van der Waals surface area contributed by atoms with Crippen LogP contribution in [0.1, 0.15) is 37.7 Å². The van der Waals surface area contributed by atoms with Gasteiger partial charge in [0.05, 0.1) is 0 Å². The Bertz CT molecular complexity index is 478. The first-order valence-corrected chi connectivity index (χ1v) is 8.84. The Morgan fingerprint density at radius 1 is 1.08 bits per heavy atom. The Balaban J connectivity index is 0.00000144. The summed E-state index contributed by atoms with van der Waals surface area (Å²) >= 11 is 0. The van der Waals surface area contributed by atoms with Crippen molar-refractivity contribution in [3.63, 3.8) is 0 Å². The molecule has 1 aromatic carbocycles. The van der Waals surface area contributed by atoms with Crippen LogP contribution >= 0.6 is 24.8 Å². The summed E-state index contributed by atoms with van der Waals surface area (Å²) < 4.78 is 0.